The van der Waals surface area contributed by atoms with Crippen molar-refractivity contribution in [3.8, 4) is 0 Å². The quantitative estimate of drug-likeness (QED) is 0.731. The zero-order valence-electron chi connectivity index (χ0n) is 16.0. The highest BCUT2D eigenvalue weighted by Crippen LogP contribution is 2.45. The van der Waals surface area contributed by atoms with Gasteiger partial charge >= 0.3 is 0 Å². The van der Waals surface area contributed by atoms with E-state index in [-0.39, 0.29) is 34.8 Å². The number of hydrogen-bond donors (Lipinski definition) is 2. The van der Waals surface area contributed by atoms with Gasteiger partial charge < -0.3 is 16.0 Å². The smallest absolute Gasteiger partial charge is 0.243 e. The Kier molecular flexibility index (Phi) is 5.15. The number of rotatable bonds is 5. The predicted molar refractivity (Wildman–Crippen MR) is 96.6 cm³/mol. The highest BCUT2D eigenvalue weighted by Gasteiger charge is 2.58. The van der Waals surface area contributed by atoms with Gasteiger partial charge in [-0.2, -0.15) is 0 Å². The summed E-state index contributed by atoms with van der Waals surface area (Å²) in [5.41, 5.74) is 4.90. The van der Waals surface area contributed by atoms with E-state index in [0.717, 1.165) is 0 Å². The number of hydrogen-bond acceptors (Lipinski definition) is 4. The van der Waals surface area contributed by atoms with Gasteiger partial charge in [0.25, 0.3) is 0 Å². The molecule has 2 rings (SSSR count). The molecule has 2 aliphatic rings. The second-order valence-electron chi connectivity index (χ2n) is 8.75. The Balaban J connectivity index is 2.16. The molecule has 1 saturated carbocycles. The molecule has 25 heavy (non-hydrogen) atoms. The molecule has 0 unspecified atom stereocenters. The molecule has 2 amide bonds. The van der Waals surface area contributed by atoms with Crippen LogP contribution in [-0.4, -0.2) is 46.7 Å². The third-order valence-electron chi connectivity index (χ3n) is 5.57. The van der Waals surface area contributed by atoms with Crippen molar-refractivity contribution in [1.82, 2.24) is 10.2 Å². The summed E-state index contributed by atoms with van der Waals surface area (Å²) in [4.78, 5) is 39.3. The van der Waals surface area contributed by atoms with Crippen molar-refractivity contribution in [2.75, 3.05) is 6.54 Å². The standard InChI is InChI=1S/C19H31N3O3/c1-7-13-9-19(13,12(3)23)21-16(24)14-8-11(2)10-22(14)17(25)15(20)18(4,5)6/h7,11,13-15H,1,8-10,20H2,2-6H3,(H,21,24)/t11-,13-,14+,15-,19+/m1/s1. The van der Waals surface area contributed by atoms with Crippen molar-refractivity contribution in [2.24, 2.45) is 23.0 Å². The molecule has 0 bridgehead atoms. The summed E-state index contributed by atoms with van der Waals surface area (Å²) in [6, 6.07) is -1.24. The molecule has 1 saturated heterocycles. The molecule has 0 spiro atoms. The van der Waals surface area contributed by atoms with Crippen LogP contribution in [0.3, 0.4) is 0 Å². The van der Waals surface area contributed by atoms with E-state index in [0.29, 0.717) is 19.4 Å². The van der Waals surface area contributed by atoms with Crippen LogP contribution in [0.1, 0.15) is 47.5 Å². The summed E-state index contributed by atoms with van der Waals surface area (Å²) in [5, 5.41) is 2.90. The molecule has 2 fully saturated rings. The van der Waals surface area contributed by atoms with Gasteiger partial charge in [-0.15, -0.1) is 6.58 Å². The zero-order chi connectivity index (χ0) is 19.2. The maximum Gasteiger partial charge on any atom is 0.243 e. The van der Waals surface area contributed by atoms with E-state index < -0.39 is 17.6 Å². The van der Waals surface area contributed by atoms with E-state index in [2.05, 4.69) is 11.9 Å². The lowest BCUT2D eigenvalue weighted by Crippen LogP contribution is -2.57. The first-order chi connectivity index (χ1) is 11.4. The third kappa shape index (κ3) is 3.64. The van der Waals surface area contributed by atoms with Crippen molar-refractivity contribution in [3.05, 3.63) is 12.7 Å². The highest BCUT2D eigenvalue weighted by atomic mass is 16.2. The number of carbonyl (C=O) groups is 3. The summed E-state index contributed by atoms with van der Waals surface area (Å²) in [7, 11) is 0. The fourth-order valence-electron chi connectivity index (χ4n) is 3.60. The number of likely N-dealkylation sites (tertiary alicyclic amines) is 1. The lowest BCUT2D eigenvalue weighted by molar-refractivity contribution is -0.142. The van der Waals surface area contributed by atoms with Crippen molar-refractivity contribution >= 4 is 17.6 Å². The van der Waals surface area contributed by atoms with Crippen LogP contribution in [0.5, 0.6) is 0 Å². The van der Waals surface area contributed by atoms with E-state index in [1.807, 2.05) is 27.7 Å². The number of nitrogens with one attached hydrogen (secondary N) is 1. The van der Waals surface area contributed by atoms with Crippen LogP contribution in [0.2, 0.25) is 0 Å². The minimum atomic E-state index is -0.842. The molecule has 3 N–H and O–H groups in total. The summed E-state index contributed by atoms with van der Waals surface area (Å²) in [5.74, 6) is -0.354. The van der Waals surface area contributed by atoms with Gasteiger partial charge in [0.2, 0.25) is 11.8 Å². The predicted octanol–water partition coefficient (Wildman–Crippen LogP) is 1.25. The second kappa shape index (κ2) is 6.56. The van der Waals surface area contributed by atoms with Gasteiger partial charge in [-0.25, -0.2) is 0 Å². The molecule has 1 heterocycles. The van der Waals surface area contributed by atoms with Crippen LogP contribution < -0.4 is 11.1 Å². The number of nitrogens with two attached hydrogens (primary N) is 1. The molecule has 1 aliphatic carbocycles. The van der Waals surface area contributed by atoms with Gasteiger partial charge in [-0.1, -0.05) is 33.8 Å². The van der Waals surface area contributed by atoms with Gasteiger partial charge in [0.15, 0.2) is 5.78 Å². The SMILES string of the molecule is C=C[C@@H]1C[C@]1(NC(=O)[C@@H]1C[C@@H](C)CN1C(=O)[C@@H](N)C(C)(C)C)C(C)=O. The lowest BCUT2D eigenvalue weighted by Gasteiger charge is -2.33. The second-order valence-corrected chi connectivity index (χ2v) is 8.75. The van der Waals surface area contributed by atoms with E-state index in [9.17, 15) is 14.4 Å². The normalized spacial score (nSPS) is 32.9. The molecule has 6 nitrogen and oxygen atoms in total. The van der Waals surface area contributed by atoms with Gasteiger partial charge in [0, 0.05) is 12.5 Å². The lowest BCUT2D eigenvalue weighted by atomic mass is 9.86. The Hall–Kier alpha value is -1.69. The molecule has 0 radical (unpaired) electrons. The summed E-state index contributed by atoms with van der Waals surface area (Å²) in [6.07, 6.45) is 2.87. The first kappa shape index (κ1) is 19.6. The van der Waals surface area contributed by atoms with Crippen molar-refractivity contribution < 1.29 is 14.4 Å². The molecular formula is C19H31N3O3. The summed E-state index contributed by atoms with van der Waals surface area (Å²) < 4.78 is 0. The Labute approximate surface area is 150 Å². The molecule has 0 aromatic carbocycles. The molecule has 1 aliphatic heterocycles. The Morgan fingerprint density at radius 2 is 1.96 bits per heavy atom. The maximum atomic E-state index is 12.9. The zero-order valence-corrected chi connectivity index (χ0v) is 16.0. The van der Waals surface area contributed by atoms with Gasteiger partial charge in [0.05, 0.1) is 6.04 Å². The van der Waals surface area contributed by atoms with Gasteiger partial charge in [0.1, 0.15) is 11.6 Å². The van der Waals surface area contributed by atoms with Gasteiger partial charge in [-0.3, -0.25) is 14.4 Å². The van der Waals surface area contributed by atoms with Crippen LogP contribution in [-0.2, 0) is 14.4 Å². The third-order valence-corrected chi connectivity index (χ3v) is 5.57. The van der Waals surface area contributed by atoms with Crippen molar-refractivity contribution in [3.63, 3.8) is 0 Å². The Morgan fingerprint density at radius 1 is 1.36 bits per heavy atom. The fourth-order valence-corrected chi connectivity index (χ4v) is 3.60. The number of ketones is 1. The molecule has 140 valence electrons. The largest absolute Gasteiger partial charge is 0.341 e. The Morgan fingerprint density at radius 3 is 2.40 bits per heavy atom. The number of nitrogens with zero attached hydrogens (tertiary/aromatic N) is 1. The summed E-state index contributed by atoms with van der Waals surface area (Å²) in [6.45, 7) is 13.5. The monoisotopic (exact) mass is 349 g/mol. The van der Waals surface area contributed by atoms with Crippen LogP contribution in [0.15, 0.2) is 12.7 Å². The highest BCUT2D eigenvalue weighted by molar-refractivity contribution is 5.98. The van der Waals surface area contributed by atoms with E-state index in [4.69, 9.17) is 5.73 Å². The fraction of sp³-hybridized carbons (Fsp3) is 0.737. The first-order valence-corrected chi connectivity index (χ1v) is 8.95. The number of amides is 2. The van der Waals surface area contributed by atoms with Crippen LogP contribution in [0, 0.1) is 17.3 Å². The number of Topliss-reactive ketones (excluding diaryl/α,β-unsaturated/α-hetero) is 1. The molecule has 0 aromatic heterocycles. The minimum absolute atomic E-state index is 0.0336. The molecule has 0 aromatic rings. The molecule has 6 heteroatoms. The van der Waals surface area contributed by atoms with Crippen LogP contribution >= 0.6 is 0 Å². The van der Waals surface area contributed by atoms with E-state index in [1.165, 1.54) is 6.92 Å². The first-order valence-electron chi connectivity index (χ1n) is 8.95. The molecule has 5 atom stereocenters. The van der Waals surface area contributed by atoms with Crippen molar-refractivity contribution in [2.45, 2.75) is 65.1 Å². The number of carbonyl (C=O) groups excluding carboxylic acids is 3. The average Bonchev–Trinajstić information content (AvgIpc) is 3.09. The van der Waals surface area contributed by atoms with Crippen LogP contribution in [0.4, 0.5) is 0 Å². The maximum absolute atomic E-state index is 12.9. The van der Waals surface area contributed by atoms with Crippen molar-refractivity contribution in [1.29, 1.82) is 0 Å². The van der Waals surface area contributed by atoms with Crippen LogP contribution in [0.25, 0.3) is 0 Å². The topological polar surface area (TPSA) is 92.5 Å². The Bertz CT molecular complexity index is 595. The summed E-state index contributed by atoms with van der Waals surface area (Å²) >= 11 is 0. The van der Waals surface area contributed by atoms with E-state index >= 15 is 0 Å². The van der Waals surface area contributed by atoms with E-state index in [1.54, 1.807) is 11.0 Å². The average molecular weight is 349 g/mol. The molecular weight excluding hydrogens is 318 g/mol. The minimum Gasteiger partial charge on any atom is -0.341 e. The van der Waals surface area contributed by atoms with Gasteiger partial charge in [-0.05, 0) is 31.1 Å².